The number of carbonyl (C=O) groups excluding carboxylic acids is 1. The van der Waals surface area contributed by atoms with Crippen LogP contribution in [0.5, 0.6) is 0 Å². The lowest BCUT2D eigenvalue weighted by molar-refractivity contribution is -0.140. The third kappa shape index (κ3) is 4.25. The SMILES string of the molecule is COC(=O)CC(C)Sc1ccc(N)cc1. The van der Waals surface area contributed by atoms with Gasteiger partial charge in [-0.1, -0.05) is 6.92 Å². The summed E-state index contributed by atoms with van der Waals surface area (Å²) in [5, 5.41) is 0.209. The molecule has 0 saturated carbocycles. The van der Waals surface area contributed by atoms with E-state index in [2.05, 4.69) is 4.74 Å². The zero-order valence-corrected chi connectivity index (χ0v) is 9.71. The van der Waals surface area contributed by atoms with E-state index in [0.29, 0.717) is 6.42 Å². The van der Waals surface area contributed by atoms with E-state index in [4.69, 9.17) is 5.73 Å². The van der Waals surface area contributed by atoms with Crippen molar-refractivity contribution < 1.29 is 9.53 Å². The molecule has 0 saturated heterocycles. The second-order valence-electron chi connectivity index (χ2n) is 3.28. The molecule has 3 nitrogen and oxygen atoms in total. The number of hydrogen-bond acceptors (Lipinski definition) is 4. The highest BCUT2D eigenvalue weighted by atomic mass is 32.2. The van der Waals surface area contributed by atoms with Crippen LogP contribution in [0.25, 0.3) is 0 Å². The smallest absolute Gasteiger partial charge is 0.306 e. The van der Waals surface area contributed by atoms with Crippen LogP contribution in [0.3, 0.4) is 0 Å². The van der Waals surface area contributed by atoms with Crippen molar-refractivity contribution in [1.82, 2.24) is 0 Å². The molecule has 0 aliphatic carbocycles. The van der Waals surface area contributed by atoms with Gasteiger partial charge in [-0.3, -0.25) is 4.79 Å². The van der Waals surface area contributed by atoms with E-state index < -0.39 is 0 Å². The van der Waals surface area contributed by atoms with Crippen molar-refractivity contribution in [3.63, 3.8) is 0 Å². The van der Waals surface area contributed by atoms with Gasteiger partial charge in [0.1, 0.15) is 0 Å². The minimum Gasteiger partial charge on any atom is -0.469 e. The van der Waals surface area contributed by atoms with Gasteiger partial charge in [0, 0.05) is 15.8 Å². The average Bonchev–Trinajstić information content (AvgIpc) is 2.21. The van der Waals surface area contributed by atoms with Crippen molar-refractivity contribution in [2.24, 2.45) is 0 Å². The summed E-state index contributed by atoms with van der Waals surface area (Å²) in [4.78, 5) is 12.1. The topological polar surface area (TPSA) is 52.3 Å². The highest BCUT2D eigenvalue weighted by molar-refractivity contribution is 8.00. The first-order chi connectivity index (χ1) is 7.11. The zero-order valence-electron chi connectivity index (χ0n) is 8.90. The largest absolute Gasteiger partial charge is 0.469 e. The molecule has 0 aromatic heterocycles. The van der Waals surface area contributed by atoms with Gasteiger partial charge >= 0.3 is 5.97 Å². The lowest BCUT2D eigenvalue weighted by Gasteiger charge is -2.09. The third-order valence-electron chi connectivity index (χ3n) is 1.90. The first-order valence-electron chi connectivity index (χ1n) is 4.71. The van der Waals surface area contributed by atoms with Crippen LogP contribution in [0.1, 0.15) is 13.3 Å². The van der Waals surface area contributed by atoms with E-state index in [1.54, 1.807) is 11.8 Å². The molecule has 2 N–H and O–H groups in total. The minimum absolute atomic E-state index is 0.176. The molecule has 0 aliphatic heterocycles. The van der Waals surface area contributed by atoms with Gasteiger partial charge < -0.3 is 10.5 Å². The standard InChI is InChI=1S/C11H15NO2S/c1-8(7-11(13)14-2)15-10-5-3-9(12)4-6-10/h3-6,8H,7,12H2,1-2H3. The number of esters is 1. The summed E-state index contributed by atoms with van der Waals surface area (Å²) in [5.74, 6) is -0.176. The van der Waals surface area contributed by atoms with E-state index in [9.17, 15) is 4.79 Å². The van der Waals surface area contributed by atoms with Gasteiger partial charge in [-0.25, -0.2) is 0 Å². The second kappa shape index (κ2) is 5.66. The summed E-state index contributed by atoms with van der Waals surface area (Å²) >= 11 is 1.64. The van der Waals surface area contributed by atoms with Crippen LogP contribution >= 0.6 is 11.8 Å². The molecule has 0 fully saturated rings. The van der Waals surface area contributed by atoms with Crippen LogP contribution in [-0.4, -0.2) is 18.3 Å². The molecule has 82 valence electrons. The predicted octanol–water partition coefficient (Wildman–Crippen LogP) is 2.31. The number of rotatable bonds is 4. The van der Waals surface area contributed by atoms with Crippen molar-refractivity contribution in [3.05, 3.63) is 24.3 Å². The molecule has 1 unspecified atom stereocenters. The van der Waals surface area contributed by atoms with Gasteiger partial charge in [0.2, 0.25) is 0 Å². The molecule has 1 atom stereocenters. The van der Waals surface area contributed by atoms with Gasteiger partial charge in [-0.15, -0.1) is 11.8 Å². The first-order valence-corrected chi connectivity index (χ1v) is 5.59. The number of carbonyl (C=O) groups is 1. The summed E-state index contributed by atoms with van der Waals surface area (Å²) in [5.41, 5.74) is 6.33. The molecule has 1 aromatic carbocycles. The highest BCUT2D eigenvalue weighted by Crippen LogP contribution is 2.25. The Bertz CT molecular complexity index is 324. The molecule has 1 rings (SSSR count). The van der Waals surface area contributed by atoms with Crippen LogP contribution in [0.2, 0.25) is 0 Å². The number of nitrogen functional groups attached to an aromatic ring is 1. The Morgan fingerprint density at radius 1 is 1.47 bits per heavy atom. The predicted molar refractivity (Wildman–Crippen MR) is 62.8 cm³/mol. The molecule has 1 aromatic rings. The Kier molecular flexibility index (Phi) is 4.49. The van der Waals surface area contributed by atoms with Gasteiger partial charge in [-0.2, -0.15) is 0 Å². The number of methoxy groups -OCH3 is 1. The lowest BCUT2D eigenvalue weighted by Crippen LogP contribution is -2.08. The monoisotopic (exact) mass is 225 g/mol. The maximum Gasteiger partial charge on any atom is 0.306 e. The Hall–Kier alpha value is -1.16. The van der Waals surface area contributed by atoms with E-state index in [1.165, 1.54) is 7.11 Å². The summed E-state index contributed by atoms with van der Waals surface area (Å²) < 4.78 is 4.61. The van der Waals surface area contributed by atoms with Crippen LogP contribution in [-0.2, 0) is 9.53 Å². The fourth-order valence-corrected chi connectivity index (χ4v) is 2.12. The quantitative estimate of drug-likeness (QED) is 0.485. The maximum absolute atomic E-state index is 11.0. The molecule has 0 amide bonds. The third-order valence-corrected chi connectivity index (χ3v) is 3.01. The van der Waals surface area contributed by atoms with Crippen LogP contribution in [0.15, 0.2) is 29.2 Å². The second-order valence-corrected chi connectivity index (χ2v) is 4.79. The first kappa shape index (κ1) is 11.9. The van der Waals surface area contributed by atoms with E-state index in [1.807, 2.05) is 31.2 Å². The van der Waals surface area contributed by atoms with Gasteiger partial charge in [0.25, 0.3) is 0 Å². The molecule has 0 aliphatic rings. The molecular weight excluding hydrogens is 210 g/mol. The molecule has 0 heterocycles. The molecule has 15 heavy (non-hydrogen) atoms. The Balaban J connectivity index is 2.47. The summed E-state index contributed by atoms with van der Waals surface area (Å²) in [6.07, 6.45) is 0.422. The van der Waals surface area contributed by atoms with Gasteiger partial charge in [0.15, 0.2) is 0 Å². The number of ether oxygens (including phenoxy) is 1. The number of hydrogen-bond donors (Lipinski definition) is 1. The maximum atomic E-state index is 11.0. The van der Waals surface area contributed by atoms with E-state index in [0.717, 1.165) is 10.6 Å². The fraction of sp³-hybridized carbons (Fsp3) is 0.364. The molecule has 0 bridgehead atoms. The van der Waals surface area contributed by atoms with Crippen LogP contribution < -0.4 is 5.73 Å². The van der Waals surface area contributed by atoms with Gasteiger partial charge in [-0.05, 0) is 24.3 Å². The zero-order chi connectivity index (χ0) is 11.3. The number of benzene rings is 1. The van der Waals surface area contributed by atoms with E-state index >= 15 is 0 Å². The number of anilines is 1. The number of nitrogens with two attached hydrogens (primary N) is 1. The molecule has 0 spiro atoms. The number of thioether (sulfide) groups is 1. The highest BCUT2D eigenvalue weighted by Gasteiger charge is 2.10. The van der Waals surface area contributed by atoms with E-state index in [-0.39, 0.29) is 11.2 Å². The van der Waals surface area contributed by atoms with Crippen LogP contribution in [0.4, 0.5) is 5.69 Å². The van der Waals surface area contributed by atoms with Crippen molar-refractivity contribution >= 4 is 23.4 Å². The Morgan fingerprint density at radius 3 is 2.60 bits per heavy atom. The summed E-state index contributed by atoms with van der Waals surface area (Å²) in [7, 11) is 1.41. The molecule has 4 heteroatoms. The Morgan fingerprint density at radius 2 is 2.07 bits per heavy atom. The average molecular weight is 225 g/mol. The fourth-order valence-electron chi connectivity index (χ4n) is 1.14. The summed E-state index contributed by atoms with van der Waals surface area (Å²) in [6, 6.07) is 7.61. The molecule has 0 radical (unpaired) electrons. The van der Waals surface area contributed by atoms with Crippen molar-refractivity contribution in [1.29, 1.82) is 0 Å². The lowest BCUT2D eigenvalue weighted by atomic mass is 10.3. The van der Waals surface area contributed by atoms with Crippen molar-refractivity contribution in [2.45, 2.75) is 23.5 Å². The Labute approximate surface area is 94.0 Å². The minimum atomic E-state index is -0.176. The normalized spacial score (nSPS) is 12.1. The van der Waals surface area contributed by atoms with Gasteiger partial charge in [0.05, 0.1) is 13.5 Å². The molecular formula is C11H15NO2S. The summed E-state index contributed by atoms with van der Waals surface area (Å²) in [6.45, 7) is 2.00. The van der Waals surface area contributed by atoms with Crippen molar-refractivity contribution in [3.8, 4) is 0 Å². The van der Waals surface area contributed by atoms with Crippen LogP contribution in [0, 0.1) is 0 Å². The van der Waals surface area contributed by atoms with Crippen molar-refractivity contribution in [2.75, 3.05) is 12.8 Å².